The minimum Gasteiger partial charge on any atom is -0.487 e. The monoisotopic (exact) mass is 396 g/mol. The van der Waals surface area contributed by atoms with Crippen LogP contribution < -0.4 is 10.5 Å². The number of hydrogen-bond acceptors (Lipinski definition) is 3. The molecule has 0 radical (unpaired) electrons. The van der Waals surface area contributed by atoms with Gasteiger partial charge in [0.15, 0.2) is 11.6 Å². The number of piperidine rings is 1. The lowest BCUT2D eigenvalue weighted by Gasteiger charge is -2.33. The number of carbonyl (C=O) groups excluding carboxylic acids is 1. The summed E-state index contributed by atoms with van der Waals surface area (Å²) in [5.41, 5.74) is 7.09. The second-order valence-electron chi connectivity index (χ2n) is 6.51. The molecule has 1 saturated heterocycles. The van der Waals surface area contributed by atoms with Gasteiger partial charge in [-0.2, -0.15) is 0 Å². The zero-order valence-electron chi connectivity index (χ0n) is 14.8. The molecule has 146 valence electrons. The van der Waals surface area contributed by atoms with Gasteiger partial charge in [-0.1, -0.05) is 30.3 Å². The summed E-state index contributed by atoms with van der Waals surface area (Å²) in [6.45, 7) is 1.02. The second-order valence-corrected chi connectivity index (χ2v) is 6.51. The molecule has 1 atom stereocenters. The average Bonchev–Trinajstić information content (AvgIpc) is 2.65. The number of carbonyl (C=O) groups is 1. The van der Waals surface area contributed by atoms with Crippen molar-refractivity contribution in [3.8, 4) is 5.75 Å². The molecule has 2 aromatic carbocycles. The summed E-state index contributed by atoms with van der Waals surface area (Å²) in [6.07, 6.45) is 1.46. The van der Waals surface area contributed by atoms with Crippen molar-refractivity contribution in [3.05, 3.63) is 65.7 Å². The van der Waals surface area contributed by atoms with Crippen LogP contribution in [-0.4, -0.2) is 36.0 Å². The molecule has 1 fully saturated rings. The molecule has 1 amide bonds. The second kappa shape index (κ2) is 9.67. The number of nitrogens with zero attached hydrogens (tertiary/aromatic N) is 1. The van der Waals surface area contributed by atoms with Crippen LogP contribution in [0.15, 0.2) is 48.5 Å². The van der Waals surface area contributed by atoms with Crippen molar-refractivity contribution in [2.24, 2.45) is 5.73 Å². The zero-order valence-corrected chi connectivity index (χ0v) is 15.6. The largest absolute Gasteiger partial charge is 0.487 e. The quantitative estimate of drug-likeness (QED) is 0.843. The van der Waals surface area contributed by atoms with Gasteiger partial charge in [0.1, 0.15) is 11.9 Å². The van der Waals surface area contributed by atoms with Crippen molar-refractivity contribution >= 4 is 18.3 Å². The first-order chi connectivity index (χ1) is 12.5. The van der Waals surface area contributed by atoms with Gasteiger partial charge in [0, 0.05) is 32.0 Å². The third-order valence-corrected chi connectivity index (χ3v) is 4.56. The number of benzene rings is 2. The molecular formula is C20H23ClF2N2O2. The molecule has 2 aromatic rings. The molecule has 3 rings (SSSR count). The van der Waals surface area contributed by atoms with Crippen LogP contribution in [0.2, 0.25) is 0 Å². The van der Waals surface area contributed by atoms with E-state index in [4.69, 9.17) is 10.5 Å². The smallest absolute Gasteiger partial charge is 0.239 e. The van der Waals surface area contributed by atoms with E-state index in [1.165, 1.54) is 12.1 Å². The Balaban J connectivity index is 0.00000261. The highest BCUT2D eigenvalue weighted by Gasteiger charge is 2.27. The lowest BCUT2D eigenvalue weighted by molar-refractivity contribution is -0.134. The average molecular weight is 397 g/mol. The summed E-state index contributed by atoms with van der Waals surface area (Å²) in [6, 6.07) is 12.3. The van der Waals surface area contributed by atoms with E-state index in [-0.39, 0.29) is 30.2 Å². The van der Waals surface area contributed by atoms with Crippen molar-refractivity contribution in [3.63, 3.8) is 0 Å². The highest BCUT2D eigenvalue weighted by atomic mass is 35.5. The van der Waals surface area contributed by atoms with Crippen LogP contribution in [0.25, 0.3) is 0 Å². The summed E-state index contributed by atoms with van der Waals surface area (Å²) in [5, 5.41) is 0. The Morgan fingerprint density at radius 2 is 1.81 bits per heavy atom. The molecule has 0 unspecified atom stereocenters. The number of amides is 1. The molecular weight excluding hydrogens is 374 g/mol. The number of halogens is 3. The zero-order chi connectivity index (χ0) is 18.5. The van der Waals surface area contributed by atoms with E-state index in [9.17, 15) is 13.6 Å². The van der Waals surface area contributed by atoms with E-state index in [0.29, 0.717) is 32.4 Å². The van der Waals surface area contributed by atoms with Gasteiger partial charge in [-0.05, 0) is 24.1 Å². The van der Waals surface area contributed by atoms with Crippen molar-refractivity contribution in [1.82, 2.24) is 4.90 Å². The molecule has 1 aliphatic heterocycles. The maximum absolute atomic E-state index is 13.7. The number of likely N-dealkylation sites (tertiary alicyclic amines) is 1. The van der Waals surface area contributed by atoms with Crippen molar-refractivity contribution in [1.29, 1.82) is 0 Å². The van der Waals surface area contributed by atoms with Crippen LogP contribution >= 0.6 is 12.4 Å². The minimum absolute atomic E-state index is 0. The highest BCUT2D eigenvalue weighted by molar-refractivity contribution is 5.85. The molecule has 2 N–H and O–H groups in total. The van der Waals surface area contributed by atoms with Crippen molar-refractivity contribution in [2.45, 2.75) is 31.4 Å². The third-order valence-electron chi connectivity index (χ3n) is 4.56. The summed E-state index contributed by atoms with van der Waals surface area (Å²) in [7, 11) is 0. The van der Waals surface area contributed by atoms with Gasteiger partial charge in [0.05, 0.1) is 6.04 Å². The first-order valence-electron chi connectivity index (χ1n) is 8.73. The lowest BCUT2D eigenvalue weighted by Crippen LogP contribution is -2.49. The van der Waals surface area contributed by atoms with Crippen LogP contribution in [-0.2, 0) is 11.2 Å². The molecule has 0 bridgehead atoms. The van der Waals surface area contributed by atoms with Gasteiger partial charge in [-0.15, -0.1) is 12.4 Å². The van der Waals surface area contributed by atoms with Crippen molar-refractivity contribution < 1.29 is 18.3 Å². The molecule has 0 spiro atoms. The predicted octanol–water partition coefficient (Wildman–Crippen LogP) is 3.33. The van der Waals surface area contributed by atoms with Gasteiger partial charge in [-0.3, -0.25) is 4.79 Å². The molecule has 7 heteroatoms. The van der Waals surface area contributed by atoms with E-state index < -0.39 is 17.7 Å². The first-order valence-corrected chi connectivity index (χ1v) is 8.73. The van der Waals surface area contributed by atoms with Gasteiger partial charge < -0.3 is 15.4 Å². The Labute approximate surface area is 163 Å². The number of nitrogens with two attached hydrogens (primary N) is 1. The van der Waals surface area contributed by atoms with E-state index >= 15 is 0 Å². The molecule has 0 aromatic heterocycles. The van der Waals surface area contributed by atoms with Gasteiger partial charge in [-0.25, -0.2) is 8.78 Å². The Morgan fingerprint density at radius 3 is 2.44 bits per heavy atom. The lowest BCUT2D eigenvalue weighted by atomic mass is 10.0. The van der Waals surface area contributed by atoms with Gasteiger partial charge in [0.25, 0.3) is 0 Å². The molecule has 0 saturated carbocycles. The Hall–Kier alpha value is -2.18. The van der Waals surface area contributed by atoms with Crippen LogP contribution in [0.4, 0.5) is 8.78 Å². The molecule has 27 heavy (non-hydrogen) atoms. The normalized spacial score (nSPS) is 15.7. The molecule has 1 heterocycles. The van der Waals surface area contributed by atoms with Crippen LogP contribution in [0.5, 0.6) is 5.75 Å². The standard InChI is InChI=1S/C20H22F2N2O2.ClH/c21-15-6-7-19(17(22)13-15)26-16-8-10-24(11-9-16)20(25)18(23)12-14-4-2-1-3-5-14;/h1-7,13,16,18H,8-12,23H2;1H/t18-;/m0./s1. The summed E-state index contributed by atoms with van der Waals surface area (Å²) < 4.78 is 32.2. The third kappa shape index (κ3) is 5.65. The fourth-order valence-electron chi connectivity index (χ4n) is 3.13. The minimum atomic E-state index is -0.714. The van der Waals surface area contributed by atoms with Gasteiger partial charge >= 0.3 is 0 Å². The first kappa shape index (κ1) is 21.1. The summed E-state index contributed by atoms with van der Waals surface area (Å²) >= 11 is 0. The topological polar surface area (TPSA) is 55.6 Å². The van der Waals surface area contributed by atoms with Crippen LogP contribution in [0.1, 0.15) is 18.4 Å². The fraction of sp³-hybridized carbons (Fsp3) is 0.350. The number of hydrogen-bond donors (Lipinski definition) is 1. The predicted molar refractivity (Wildman–Crippen MR) is 102 cm³/mol. The number of rotatable bonds is 5. The van der Waals surface area contributed by atoms with E-state index in [1.807, 2.05) is 30.3 Å². The van der Waals surface area contributed by atoms with E-state index in [0.717, 1.165) is 11.6 Å². The van der Waals surface area contributed by atoms with Crippen LogP contribution in [0.3, 0.4) is 0 Å². The van der Waals surface area contributed by atoms with Crippen molar-refractivity contribution in [2.75, 3.05) is 13.1 Å². The Bertz CT molecular complexity index is 753. The van der Waals surface area contributed by atoms with E-state index in [2.05, 4.69) is 0 Å². The van der Waals surface area contributed by atoms with Gasteiger partial charge in [0.2, 0.25) is 5.91 Å². The maximum atomic E-state index is 13.7. The fourth-order valence-corrected chi connectivity index (χ4v) is 3.13. The Morgan fingerprint density at radius 1 is 1.15 bits per heavy atom. The molecule has 0 aliphatic carbocycles. The SMILES string of the molecule is Cl.N[C@@H](Cc1ccccc1)C(=O)N1CCC(Oc2ccc(F)cc2F)CC1. The highest BCUT2D eigenvalue weighted by Crippen LogP contribution is 2.23. The molecule has 4 nitrogen and oxygen atoms in total. The Kier molecular flexibility index (Phi) is 7.56. The molecule has 1 aliphatic rings. The summed E-state index contributed by atoms with van der Waals surface area (Å²) in [5.74, 6) is -1.40. The number of ether oxygens (including phenoxy) is 1. The van der Waals surface area contributed by atoms with E-state index in [1.54, 1.807) is 4.90 Å². The maximum Gasteiger partial charge on any atom is 0.239 e. The summed E-state index contributed by atoms with van der Waals surface area (Å²) in [4.78, 5) is 14.2. The van der Waals surface area contributed by atoms with Crippen LogP contribution in [0, 0.1) is 11.6 Å².